The number of hydrogen-bond acceptors (Lipinski definition) is 2. The standard InChI is InChI=1S/C13H22N2/c1-4-5-10(2)8-13(14)12-9-15-7-6-11(12)3/h6-7,9-10,13H,4-5,8,14H2,1-3H3. The second-order valence-electron chi connectivity index (χ2n) is 4.47. The molecule has 1 aromatic heterocycles. The number of hydrogen-bond donors (Lipinski definition) is 1. The third-order valence-electron chi connectivity index (χ3n) is 2.92. The summed E-state index contributed by atoms with van der Waals surface area (Å²) in [6, 6.07) is 2.17. The fourth-order valence-corrected chi connectivity index (χ4v) is 2.04. The maximum absolute atomic E-state index is 6.19. The quantitative estimate of drug-likeness (QED) is 0.803. The summed E-state index contributed by atoms with van der Waals surface area (Å²) in [6.07, 6.45) is 7.27. The van der Waals surface area contributed by atoms with E-state index in [-0.39, 0.29) is 6.04 Å². The number of aromatic nitrogens is 1. The van der Waals surface area contributed by atoms with Gasteiger partial charge in [-0.25, -0.2) is 0 Å². The van der Waals surface area contributed by atoms with Crippen molar-refractivity contribution < 1.29 is 0 Å². The molecule has 1 heterocycles. The van der Waals surface area contributed by atoms with Crippen LogP contribution in [0.1, 0.15) is 50.3 Å². The van der Waals surface area contributed by atoms with E-state index in [9.17, 15) is 0 Å². The minimum absolute atomic E-state index is 0.139. The minimum atomic E-state index is 0.139. The van der Waals surface area contributed by atoms with Crippen LogP contribution in [0.3, 0.4) is 0 Å². The molecule has 15 heavy (non-hydrogen) atoms. The van der Waals surface area contributed by atoms with Gasteiger partial charge in [0.15, 0.2) is 0 Å². The van der Waals surface area contributed by atoms with Crippen molar-refractivity contribution in [1.29, 1.82) is 0 Å². The molecule has 2 unspecified atom stereocenters. The number of rotatable bonds is 5. The number of nitrogens with two attached hydrogens (primary N) is 1. The summed E-state index contributed by atoms with van der Waals surface area (Å²) in [5.41, 5.74) is 8.63. The Labute approximate surface area is 92.9 Å². The summed E-state index contributed by atoms with van der Waals surface area (Å²) in [4.78, 5) is 4.14. The Hall–Kier alpha value is -0.890. The molecule has 2 nitrogen and oxygen atoms in total. The molecule has 2 heteroatoms. The highest BCUT2D eigenvalue weighted by Gasteiger charge is 2.12. The van der Waals surface area contributed by atoms with Crippen LogP contribution in [0.2, 0.25) is 0 Å². The first kappa shape index (κ1) is 12.2. The molecule has 0 saturated heterocycles. The SMILES string of the molecule is CCCC(C)CC(N)c1cnccc1C. The van der Waals surface area contributed by atoms with Gasteiger partial charge in [-0.05, 0) is 36.5 Å². The van der Waals surface area contributed by atoms with E-state index in [0.29, 0.717) is 5.92 Å². The second kappa shape index (κ2) is 5.86. The summed E-state index contributed by atoms with van der Waals surface area (Å²) in [7, 11) is 0. The van der Waals surface area contributed by atoms with Gasteiger partial charge in [-0.2, -0.15) is 0 Å². The molecule has 0 saturated carbocycles. The fourth-order valence-electron chi connectivity index (χ4n) is 2.04. The Morgan fingerprint density at radius 1 is 1.47 bits per heavy atom. The zero-order chi connectivity index (χ0) is 11.3. The molecule has 2 atom stereocenters. The number of aryl methyl sites for hydroxylation is 1. The predicted octanol–water partition coefficient (Wildman–Crippen LogP) is 3.22. The Balaban J connectivity index is 2.61. The largest absolute Gasteiger partial charge is 0.324 e. The van der Waals surface area contributed by atoms with Crippen LogP contribution in [0.5, 0.6) is 0 Å². The van der Waals surface area contributed by atoms with E-state index in [2.05, 4.69) is 25.8 Å². The maximum atomic E-state index is 6.19. The van der Waals surface area contributed by atoms with Gasteiger partial charge in [0.2, 0.25) is 0 Å². The lowest BCUT2D eigenvalue weighted by molar-refractivity contribution is 0.439. The first-order valence-corrected chi connectivity index (χ1v) is 5.81. The third kappa shape index (κ3) is 3.63. The predicted molar refractivity (Wildman–Crippen MR) is 64.6 cm³/mol. The molecule has 1 rings (SSSR count). The highest BCUT2D eigenvalue weighted by atomic mass is 14.7. The van der Waals surface area contributed by atoms with Gasteiger partial charge in [0.1, 0.15) is 0 Å². The smallest absolute Gasteiger partial charge is 0.0318 e. The normalized spacial score (nSPS) is 14.9. The zero-order valence-electron chi connectivity index (χ0n) is 10.0. The summed E-state index contributed by atoms with van der Waals surface area (Å²) in [5.74, 6) is 0.699. The molecular formula is C13H22N2. The van der Waals surface area contributed by atoms with Gasteiger partial charge in [0.25, 0.3) is 0 Å². The van der Waals surface area contributed by atoms with Crippen LogP contribution in [0.4, 0.5) is 0 Å². The molecule has 1 aromatic rings. The van der Waals surface area contributed by atoms with Crippen LogP contribution < -0.4 is 5.73 Å². The second-order valence-corrected chi connectivity index (χ2v) is 4.47. The van der Waals surface area contributed by atoms with Crippen LogP contribution >= 0.6 is 0 Å². The van der Waals surface area contributed by atoms with Crippen molar-refractivity contribution in [3.8, 4) is 0 Å². The summed E-state index contributed by atoms with van der Waals surface area (Å²) >= 11 is 0. The first-order valence-electron chi connectivity index (χ1n) is 5.81. The molecule has 0 fully saturated rings. The highest BCUT2D eigenvalue weighted by Crippen LogP contribution is 2.23. The molecule has 0 amide bonds. The first-order chi connectivity index (χ1) is 7.15. The van der Waals surface area contributed by atoms with Crippen LogP contribution in [0.15, 0.2) is 18.5 Å². The van der Waals surface area contributed by atoms with Crippen molar-refractivity contribution in [2.45, 2.75) is 46.1 Å². The van der Waals surface area contributed by atoms with Crippen molar-refractivity contribution >= 4 is 0 Å². The molecule has 0 bridgehead atoms. The third-order valence-corrected chi connectivity index (χ3v) is 2.92. The van der Waals surface area contributed by atoms with Crippen LogP contribution in [0, 0.1) is 12.8 Å². The molecule has 2 N–H and O–H groups in total. The number of pyridine rings is 1. The fraction of sp³-hybridized carbons (Fsp3) is 0.615. The van der Waals surface area contributed by atoms with Crippen LogP contribution in [-0.2, 0) is 0 Å². The Kier molecular flexibility index (Phi) is 4.76. The lowest BCUT2D eigenvalue weighted by Gasteiger charge is -2.18. The molecule has 84 valence electrons. The van der Waals surface area contributed by atoms with Crippen molar-refractivity contribution in [3.63, 3.8) is 0 Å². The van der Waals surface area contributed by atoms with Gasteiger partial charge < -0.3 is 5.73 Å². The molecule has 0 aliphatic heterocycles. The lowest BCUT2D eigenvalue weighted by Crippen LogP contribution is -2.15. The van der Waals surface area contributed by atoms with Crippen molar-refractivity contribution in [2.75, 3.05) is 0 Å². The zero-order valence-corrected chi connectivity index (χ0v) is 10.0. The van der Waals surface area contributed by atoms with Crippen molar-refractivity contribution in [3.05, 3.63) is 29.6 Å². The van der Waals surface area contributed by atoms with Gasteiger partial charge in [-0.1, -0.05) is 26.7 Å². The van der Waals surface area contributed by atoms with Gasteiger partial charge in [-0.15, -0.1) is 0 Å². The monoisotopic (exact) mass is 206 g/mol. The van der Waals surface area contributed by atoms with Gasteiger partial charge in [0, 0.05) is 18.4 Å². The molecule has 0 radical (unpaired) electrons. The van der Waals surface area contributed by atoms with E-state index in [4.69, 9.17) is 5.73 Å². The van der Waals surface area contributed by atoms with Crippen molar-refractivity contribution in [2.24, 2.45) is 11.7 Å². The van der Waals surface area contributed by atoms with Crippen molar-refractivity contribution in [1.82, 2.24) is 4.98 Å². The average Bonchev–Trinajstić information content (AvgIpc) is 2.18. The topological polar surface area (TPSA) is 38.9 Å². The summed E-state index contributed by atoms with van der Waals surface area (Å²) in [6.45, 7) is 6.59. The van der Waals surface area contributed by atoms with E-state index in [0.717, 1.165) is 6.42 Å². The molecule has 0 aliphatic rings. The molecule has 0 spiro atoms. The van der Waals surface area contributed by atoms with Gasteiger partial charge >= 0.3 is 0 Å². The van der Waals surface area contributed by atoms with E-state index >= 15 is 0 Å². The molecule has 0 aliphatic carbocycles. The van der Waals surface area contributed by atoms with E-state index in [1.54, 1.807) is 0 Å². The Morgan fingerprint density at radius 3 is 2.80 bits per heavy atom. The van der Waals surface area contributed by atoms with Crippen LogP contribution in [-0.4, -0.2) is 4.98 Å². The van der Waals surface area contributed by atoms with E-state index in [1.165, 1.54) is 24.0 Å². The van der Waals surface area contributed by atoms with E-state index in [1.807, 2.05) is 18.5 Å². The minimum Gasteiger partial charge on any atom is -0.324 e. The maximum Gasteiger partial charge on any atom is 0.0318 e. The summed E-state index contributed by atoms with van der Waals surface area (Å²) < 4.78 is 0. The Morgan fingerprint density at radius 2 is 2.20 bits per heavy atom. The van der Waals surface area contributed by atoms with Crippen LogP contribution in [0.25, 0.3) is 0 Å². The Bertz CT molecular complexity index is 296. The lowest BCUT2D eigenvalue weighted by atomic mass is 9.92. The molecular weight excluding hydrogens is 184 g/mol. The summed E-state index contributed by atoms with van der Waals surface area (Å²) in [5, 5.41) is 0. The highest BCUT2D eigenvalue weighted by molar-refractivity contribution is 5.24. The average molecular weight is 206 g/mol. The van der Waals surface area contributed by atoms with Gasteiger partial charge in [-0.3, -0.25) is 4.98 Å². The van der Waals surface area contributed by atoms with E-state index < -0.39 is 0 Å². The molecule has 0 aromatic carbocycles. The number of nitrogens with zero attached hydrogens (tertiary/aromatic N) is 1. The van der Waals surface area contributed by atoms with Gasteiger partial charge in [0.05, 0.1) is 0 Å².